The summed E-state index contributed by atoms with van der Waals surface area (Å²) in [6, 6.07) is 13.0. The molecule has 1 aliphatic rings. The summed E-state index contributed by atoms with van der Waals surface area (Å²) < 4.78 is 21.8. The van der Waals surface area contributed by atoms with Gasteiger partial charge in [0.15, 0.2) is 11.5 Å². The predicted molar refractivity (Wildman–Crippen MR) is 93.2 cm³/mol. The van der Waals surface area contributed by atoms with E-state index in [2.05, 4.69) is 0 Å². The van der Waals surface area contributed by atoms with Crippen molar-refractivity contribution >= 4 is 5.97 Å². The number of benzene rings is 2. The average Bonchev–Trinajstić information content (AvgIpc) is 2.65. The van der Waals surface area contributed by atoms with E-state index in [-0.39, 0.29) is 12.6 Å². The molecular weight excluding hydrogens is 320 g/mol. The van der Waals surface area contributed by atoms with Gasteiger partial charge in [0.2, 0.25) is 0 Å². The van der Waals surface area contributed by atoms with Gasteiger partial charge in [-0.05, 0) is 49.2 Å². The van der Waals surface area contributed by atoms with Crippen molar-refractivity contribution in [1.82, 2.24) is 0 Å². The molecule has 0 spiro atoms. The highest BCUT2D eigenvalue weighted by molar-refractivity contribution is 5.82. The highest BCUT2D eigenvalue weighted by Gasteiger charge is 2.32. The molecule has 0 saturated carbocycles. The molecule has 0 amide bonds. The first-order valence-corrected chi connectivity index (χ1v) is 8.21. The van der Waals surface area contributed by atoms with E-state index in [1.165, 1.54) is 0 Å². The number of hydrogen-bond donors (Lipinski definition) is 0. The van der Waals surface area contributed by atoms with E-state index < -0.39 is 5.41 Å². The van der Waals surface area contributed by atoms with Crippen molar-refractivity contribution in [2.24, 2.45) is 0 Å². The first kappa shape index (κ1) is 17.1. The van der Waals surface area contributed by atoms with Crippen LogP contribution in [0.3, 0.4) is 0 Å². The molecule has 0 N–H and O–H groups in total. The van der Waals surface area contributed by atoms with Gasteiger partial charge < -0.3 is 18.9 Å². The lowest BCUT2D eigenvalue weighted by molar-refractivity contribution is -0.150. The predicted octanol–water partition coefficient (Wildman–Crippen LogP) is 3.49. The number of carbonyl (C=O) groups is 1. The second-order valence-electron chi connectivity index (χ2n) is 6.41. The van der Waals surface area contributed by atoms with E-state index in [1.807, 2.05) is 56.3 Å². The molecule has 0 atom stereocenters. The minimum atomic E-state index is -0.797. The normalized spacial score (nSPS) is 13.2. The van der Waals surface area contributed by atoms with Crippen LogP contribution in [0.5, 0.6) is 17.2 Å². The van der Waals surface area contributed by atoms with Gasteiger partial charge in [-0.3, -0.25) is 4.79 Å². The zero-order valence-corrected chi connectivity index (χ0v) is 14.7. The van der Waals surface area contributed by atoms with Gasteiger partial charge in [-0.1, -0.05) is 18.2 Å². The Morgan fingerprint density at radius 2 is 1.84 bits per heavy atom. The molecule has 25 heavy (non-hydrogen) atoms. The topological polar surface area (TPSA) is 54.0 Å². The Labute approximate surface area is 147 Å². The first-order chi connectivity index (χ1) is 12.0. The summed E-state index contributed by atoms with van der Waals surface area (Å²) >= 11 is 0. The molecule has 2 aromatic carbocycles. The van der Waals surface area contributed by atoms with Crippen molar-refractivity contribution < 1.29 is 23.7 Å². The third-order valence-corrected chi connectivity index (χ3v) is 4.28. The molecule has 1 aliphatic heterocycles. The summed E-state index contributed by atoms with van der Waals surface area (Å²) in [7, 11) is 1.61. The summed E-state index contributed by atoms with van der Waals surface area (Å²) in [5.74, 6) is 1.81. The molecule has 5 nitrogen and oxygen atoms in total. The van der Waals surface area contributed by atoms with Crippen molar-refractivity contribution in [3.8, 4) is 17.2 Å². The van der Waals surface area contributed by atoms with Crippen molar-refractivity contribution in [2.75, 3.05) is 20.3 Å². The van der Waals surface area contributed by atoms with Crippen molar-refractivity contribution in [3.63, 3.8) is 0 Å². The number of carbonyl (C=O) groups excluding carboxylic acids is 1. The third-order valence-electron chi connectivity index (χ3n) is 4.28. The second-order valence-corrected chi connectivity index (χ2v) is 6.41. The fourth-order valence-corrected chi connectivity index (χ4v) is 2.64. The number of hydrogen-bond acceptors (Lipinski definition) is 5. The van der Waals surface area contributed by atoms with Gasteiger partial charge in [-0.25, -0.2) is 0 Å². The third kappa shape index (κ3) is 3.71. The summed E-state index contributed by atoms with van der Waals surface area (Å²) in [5, 5.41) is 0. The monoisotopic (exact) mass is 342 g/mol. The molecule has 0 aromatic heterocycles. The number of ether oxygens (including phenoxy) is 4. The van der Waals surface area contributed by atoms with Crippen LogP contribution < -0.4 is 14.2 Å². The van der Waals surface area contributed by atoms with Gasteiger partial charge in [0.1, 0.15) is 25.6 Å². The van der Waals surface area contributed by atoms with Crippen LogP contribution in [-0.2, 0) is 21.6 Å². The standard InChI is InChI=1S/C20H22O5/c1-20(2,15-7-8-17-18(12-15)24-10-9-23-17)19(21)25-13-14-5-4-6-16(11-14)22-3/h4-8,11-12H,9-10,13H2,1-3H3. The van der Waals surface area contributed by atoms with Crippen LogP contribution in [0.25, 0.3) is 0 Å². The number of fused-ring (bicyclic) bond motifs is 1. The van der Waals surface area contributed by atoms with Gasteiger partial charge in [0, 0.05) is 0 Å². The van der Waals surface area contributed by atoms with Crippen LogP contribution in [-0.4, -0.2) is 26.3 Å². The molecule has 0 fully saturated rings. The summed E-state index contributed by atoms with van der Waals surface area (Å²) in [5.41, 5.74) is 0.910. The molecule has 0 bridgehead atoms. The minimum absolute atomic E-state index is 0.198. The van der Waals surface area contributed by atoms with Crippen molar-refractivity contribution in [2.45, 2.75) is 25.9 Å². The molecule has 2 aromatic rings. The van der Waals surface area contributed by atoms with Crippen molar-refractivity contribution in [1.29, 1.82) is 0 Å². The van der Waals surface area contributed by atoms with Gasteiger partial charge in [0.05, 0.1) is 12.5 Å². The lowest BCUT2D eigenvalue weighted by atomic mass is 9.84. The molecule has 0 aliphatic carbocycles. The zero-order chi connectivity index (χ0) is 17.9. The highest BCUT2D eigenvalue weighted by atomic mass is 16.6. The molecular formula is C20H22O5. The Hall–Kier alpha value is -2.69. The van der Waals surface area contributed by atoms with Crippen LogP contribution in [0, 0.1) is 0 Å². The van der Waals surface area contributed by atoms with Gasteiger partial charge >= 0.3 is 5.97 Å². The number of rotatable bonds is 5. The van der Waals surface area contributed by atoms with Crippen LogP contribution in [0.15, 0.2) is 42.5 Å². The molecule has 3 rings (SSSR count). The van der Waals surface area contributed by atoms with E-state index in [4.69, 9.17) is 18.9 Å². The van der Waals surface area contributed by atoms with Crippen molar-refractivity contribution in [3.05, 3.63) is 53.6 Å². The summed E-state index contributed by atoms with van der Waals surface area (Å²) in [6.07, 6.45) is 0. The summed E-state index contributed by atoms with van der Waals surface area (Å²) in [6.45, 7) is 4.93. The molecule has 0 unspecified atom stereocenters. The fraction of sp³-hybridized carbons (Fsp3) is 0.350. The average molecular weight is 342 g/mol. The molecule has 0 radical (unpaired) electrons. The molecule has 1 heterocycles. The fourth-order valence-electron chi connectivity index (χ4n) is 2.64. The molecule has 0 saturated heterocycles. The first-order valence-electron chi connectivity index (χ1n) is 8.21. The minimum Gasteiger partial charge on any atom is -0.497 e. The maximum atomic E-state index is 12.6. The Morgan fingerprint density at radius 3 is 2.60 bits per heavy atom. The molecule has 132 valence electrons. The highest BCUT2D eigenvalue weighted by Crippen LogP contribution is 2.35. The zero-order valence-electron chi connectivity index (χ0n) is 14.7. The van der Waals surface area contributed by atoms with Gasteiger partial charge in [-0.15, -0.1) is 0 Å². The maximum absolute atomic E-state index is 12.6. The quantitative estimate of drug-likeness (QED) is 0.779. The maximum Gasteiger partial charge on any atom is 0.316 e. The lowest BCUT2D eigenvalue weighted by Crippen LogP contribution is -2.31. The van der Waals surface area contributed by atoms with E-state index in [0.717, 1.165) is 16.9 Å². The van der Waals surface area contributed by atoms with E-state index >= 15 is 0 Å². The number of methoxy groups -OCH3 is 1. The van der Waals surface area contributed by atoms with Crippen LogP contribution in [0.1, 0.15) is 25.0 Å². The smallest absolute Gasteiger partial charge is 0.316 e. The SMILES string of the molecule is COc1cccc(COC(=O)C(C)(C)c2ccc3c(c2)OCCO3)c1. The van der Waals surface area contributed by atoms with Crippen LogP contribution in [0.2, 0.25) is 0 Å². The van der Waals surface area contributed by atoms with E-state index in [0.29, 0.717) is 24.7 Å². The van der Waals surface area contributed by atoms with Crippen LogP contribution in [0.4, 0.5) is 0 Å². The summed E-state index contributed by atoms with van der Waals surface area (Å²) in [4.78, 5) is 12.6. The van der Waals surface area contributed by atoms with E-state index in [9.17, 15) is 4.79 Å². The Kier molecular flexibility index (Phi) is 4.83. The van der Waals surface area contributed by atoms with E-state index in [1.54, 1.807) is 7.11 Å². The van der Waals surface area contributed by atoms with Crippen LogP contribution >= 0.6 is 0 Å². The Balaban J connectivity index is 1.71. The van der Waals surface area contributed by atoms with Gasteiger partial charge in [0.25, 0.3) is 0 Å². The van der Waals surface area contributed by atoms with Gasteiger partial charge in [-0.2, -0.15) is 0 Å². The molecule has 5 heteroatoms. The second kappa shape index (κ2) is 7.05. The Bertz CT molecular complexity index is 766. The Morgan fingerprint density at radius 1 is 1.08 bits per heavy atom. The largest absolute Gasteiger partial charge is 0.497 e. The lowest BCUT2D eigenvalue weighted by Gasteiger charge is -2.26. The number of esters is 1.